The van der Waals surface area contributed by atoms with Gasteiger partial charge in [0.2, 0.25) is 0 Å². The standard InChI is InChI=1S/C24H25ClN6/c25-18-3-1-2-17(12-18)15-6-10-20(11-7-15)28-21-13-23(27)30-31-14-22(29-24(21)31)16-4-8-19(26)9-5-16/h1-3,6-7,10-14,16,19,28H,4-5,8-9,26H2,(H2,27,30). The molecule has 0 amide bonds. The lowest BCUT2D eigenvalue weighted by atomic mass is 9.85. The first kappa shape index (κ1) is 19.8. The molecule has 0 saturated heterocycles. The van der Waals surface area contributed by atoms with Crippen LogP contribution in [0.2, 0.25) is 5.02 Å². The van der Waals surface area contributed by atoms with E-state index in [-0.39, 0.29) is 0 Å². The number of nitrogens with one attached hydrogen (secondary N) is 1. The topological polar surface area (TPSA) is 94.3 Å². The Morgan fingerprint density at radius 3 is 2.48 bits per heavy atom. The Bertz CT molecular complexity index is 1210. The summed E-state index contributed by atoms with van der Waals surface area (Å²) < 4.78 is 1.78. The van der Waals surface area contributed by atoms with Gasteiger partial charge in [-0.15, -0.1) is 5.10 Å². The van der Waals surface area contributed by atoms with Gasteiger partial charge in [-0.3, -0.25) is 0 Å². The highest BCUT2D eigenvalue weighted by Crippen LogP contribution is 2.33. The van der Waals surface area contributed by atoms with Gasteiger partial charge in [-0.05, 0) is 61.1 Å². The lowest BCUT2D eigenvalue weighted by Crippen LogP contribution is -2.25. The van der Waals surface area contributed by atoms with Gasteiger partial charge in [-0.25, -0.2) is 9.50 Å². The summed E-state index contributed by atoms with van der Waals surface area (Å²) in [6.45, 7) is 0. The second kappa shape index (κ2) is 8.21. The minimum Gasteiger partial charge on any atom is -0.382 e. The van der Waals surface area contributed by atoms with Crippen LogP contribution < -0.4 is 16.8 Å². The fourth-order valence-corrected chi connectivity index (χ4v) is 4.48. The number of nitrogens with two attached hydrogens (primary N) is 2. The summed E-state index contributed by atoms with van der Waals surface area (Å²) in [5, 5.41) is 8.60. The fourth-order valence-electron chi connectivity index (χ4n) is 4.29. The lowest BCUT2D eigenvalue weighted by Gasteiger charge is -2.24. The lowest BCUT2D eigenvalue weighted by molar-refractivity contribution is 0.391. The van der Waals surface area contributed by atoms with Crippen molar-refractivity contribution in [3.63, 3.8) is 0 Å². The molecule has 158 valence electrons. The molecule has 2 heterocycles. The third-order valence-corrected chi connectivity index (χ3v) is 6.21. The number of halogens is 1. The van der Waals surface area contributed by atoms with Crippen molar-refractivity contribution in [1.82, 2.24) is 14.6 Å². The van der Waals surface area contributed by atoms with Gasteiger partial charge in [0.25, 0.3) is 0 Å². The van der Waals surface area contributed by atoms with Crippen molar-refractivity contribution in [2.24, 2.45) is 5.73 Å². The first-order valence-electron chi connectivity index (χ1n) is 10.6. The first-order valence-corrected chi connectivity index (χ1v) is 11.0. The van der Waals surface area contributed by atoms with Crippen molar-refractivity contribution >= 4 is 34.4 Å². The van der Waals surface area contributed by atoms with E-state index in [2.05, 4.69) is 22.5 Å². The Morgan fingerprint density at radius 2 is 1.74 bits per heavy atom. The zero-order chi connectivity index (χ0) is 21.4. The highest BCUT2D eigenvalue weighted by atomic mass is 35.5. The Morgan fingerprint density at radius 1 is 0.968 bits per heavy atom. The van der Waals surface area contributed by atoms with Crippen LogP contribution in [0.25, 0.3) is 16.8 Å². The number of aromatic nitrogens is 3. The Balaban J connectivity index is 1.42. The van der Waals surface area contributed by atoms with E-state index in [9.17, 15) is 0 Å². The Kier molecular flexibility index (Phi) is 5.26. The van der Waals surface area contributed by atoms with Gasteiger partial charge in [0.15, 0.2) is 5.65 Å². The van der Waals surface area contributed by atoms with E-state index >= 15 is 0 Å². The maximum Gasteiger partial charge on any atom is 0.177 e. The highest BCUT2D eigenvalue weighted by molar-refractivity contribution is 6.30. The quantitative estimate of drug-likeness (QED) is 0.403. The average Bonchev–Trinajstić information content (AvgIpc) is 3.19. The number of rotatable bonds is 4. The van der Waals surface area contributed by atoms with Crippen molar-refractivity contribution in [3.05, 3.63) is 71.5 Å². The van der Waals surface area contributed by atoms with E-state index < -0.39 is 0 Å². The van der Waals surface area contributed by atoms with Gasteiger partial charge in [0, 0.05) is 28.7 Å². The number of nitrogens with zero attached hydrogens (tertiary/aromatic N) is 3. The predicted molar refractivity (Wildman–Crippen MR) is 127 cm³/mol. The number of nitrogen functional groups attached to an aromatic ring is 1. The van der Waals surface area contributed by atoms with E-state index in [1.165, 1.54) is 0 Å². The normalized spacial score (nSPS) is 18.9. The third-order valence-electron chi connectivity index (χ3n) is 5.97. The molecule has 1 aliphatic rings. The van der Waals surface area contributed by atoms with Crippen LogP contribution in [0.3, 0.4) is 0 Å². The van der Waals surface area contributed by atoms with Crippen LogP contribution in [-0.2, 0) is 0 Å². The molecule has 6 nitrogen and oxygen atoms in total. The number of imidazole rings is 1. The van der Waals surface area contributed by atoms with Gasteiger partial charge in [-0.1, -0.05) is 35.9 Å². The molecule has 0 spiro atoms. The van der Waals surface area contributed by atoms with Gasteiger partial charge >= 0.3 is 0 Å². The van der Waals surface area contributed by atoms with Crippen molar-refractivity contribution in [3.8, 4) is 11.1 Å². The third kappa shape index (κ3) is 4.22. The summed E-state index contributed by atoms with van der Waals surface area (Å²) in [5.41, 5.74) is 17.9. The molecule has 0 radical (unpaired) electrons. The molecule has 1 aliphatic carbocycles. The van der Waals surface area contributed by atoms with Gasteiger partial charge in [0.05, 0.1) is 17.6 Å². The molecule has 31 heavy (non-hydrogen) atoms. The van der Waals surface area contributed by atoms with Crippen LogP contribution in [0.5, 0.6) is 0 Å². The highest BCUT2D eigenvalue weighted by Gasteiger charge is 2.23. The summed E-state index contributed by atoms with van der Waals surface area (Å²) in [5.74, 6) is 0.868. The van der Waals surface area contributed by atoms with Crippen LogP contribution in [0.15, 0.2) is 60.8 Å². The maximum absolute atomic E-state index is 6.12. The van der Waals surface area contributed by atoms with Crippen LogP contribution in [0.4, 0.5) is 17.2 Å². The summed E-state index contributed by atoms with van der Waals surface area (Å²) in [6.07, 6.45) is 6.21. The molecule has 2 aromatic carbocycles. The fraction of sp³-hybridized carbons (Fsp3) is 0.250. The van der Waals surface area contributed by atoms with Crippen LogP contribution in [0, 0.1) is 0 Å². The number of anilines is 3. The van der Waals surface area contributed by atoms with E-state index in [1.54, 1.807) is 4.52 Å². The van der Waals surface area contributed by atoms with Crippen molar-refractivity contribution < 1.29 is 0 Å². The smallest absolute Gasteiger partial charge is 0.177 e. The van der Waals surface area contributed by atoms with Crippen molar-refractivity contribution in [1.29, 1.82) is 0 Å². The second-order valence-electron chi connectivity index (χ2n) is 8.24. The summed E-state index contributed by atoms with van der Waals surface area (Å²) in [7, 11) is 0. The molecular weight excluding hydrogens is 408 g/mol. The Hall–Kier alpha value is -3.09. The Labute approximate surface area is 186 Å². The molecule has 0 atom stereocenters. The summed E-state index contributed by atoms with van der Waals surface area (Å²) >= 11 is 6.12. The SMILES string of the molecule is Nc1cc(Nc2ccc(-c3cccc(Cl)c3)cc2)c2nc(C3CCC(N)CC3)cn2n1. The van der Waals surface area contributed by atoms with Crippen molar-refractivity contribution in [2.75, 3.05) is 11.1 Å². The van der Waals surface area contributed by atoms with E-state index in [0.29, 0.717) is 17.8 Å². The maximum atomic E-state index is 6.12. The first-order chi connectivity index (χ1) is 15.0. The van der Waals surface area contributed by atoms with E-state index in [0.717, 1.165) is 64.5 Å². The number of hydrogen-bond donors (Lipinski definition) is 3. The molecule has 5 rings (SSSR count). The average molecular weight is 433 g/mol. The van der Waals surface area contributed by atoms with E-state index in [4.69, 9.17) is 28.1 Å². The molecule has 4 aromatic rings. The molecule has 1 fully saturated rings. The number of fused-ring (bicyclic) bond motifs is 1. The predicted octanol–water partition coefficient (Wildman–Crippen LogP) is 5.36. The zero-order valence-corrected chi connectivity index (χ0v) is 17.9. The minimum absolute atomic E-state index is 0.314. The summed E-state index contributed by atoms with van der Waals surface area (Å²) in [6, 6.07) is 18.2. The zero-order valence-electron chi connectivity index (χ0n) is 17.1. The largest absolute Gasteiger partial charge is 0.382 e. The van der Waals surface area contributed by atoms with Crippen LogP contribution in [0.1, 0.15) is 37.3 Å². The minimum atomic E-state index is 0.314. The monoisotopic (exact) mass is 432 g/mol. The van der Waals surface area contributed by atoms with Crippen molar-refractivity contribution in [2.45, 2.75) is 37.6 Å². The van der Waals surface area contributed by atoms with Gasteiger partial charge < -0.3 is 16.8 Å². The van der Waals surface area contributed by atoms with Crippen LogP contribution >= 0.6 is 11.6 Å². The molecule has 1 saturated carbocycles. The second-order valence-corrected chi connectivity index (χ2v) is 8.68. The van der Waals surface area contributed by atoms with Gasteiger partial charge in [0.1, 0.15) is 5.82 Å². The molecule has 5 N–H and O–H groups in total. The summed E-state index contributed by atoms with van der Waals surface area (Å²) in [4.78, 5) is 4.90. The van der Waals surface area contributed by atoms with E-state index in [1.807, 2.05) is 48.7 Å². The number of benzene rings is 2. The molecule has 2 aromatic heterocycles. The van der Waals surface area contributed by atoms with Crippen LogP contribution in [-0.4, -0.2) is 20.6 Å². The molecule has 0 unspecified atom stereocenters. The van der Waals surface area contributed by atoms with Gasteiger partial charge in [-0.2, -0.15) is 0 Å². The molecular formula is C24H25ClN6. The molecule has 0 aliphatic heterocycles. The molecule has 7 heteroatoms. The number of hydrogen-bond acceptors (Lipinski definition) is 5. The molecule has 0 bridgehead atoms.